The highest BCUT2D eigenvalue weighted by Crippen LogP contribution is 2.34. The lowest BCUT2D eigenvalue weighted by Crippen LogP contribution is -2.29. The molecule has 2 atom stereocenters. The van der Waals surface area contributed by atoms with Gasteiger partial charge in [0.15, 0.2) is 0 Å². The van der Waals surface area contributed by atoms with E-state index in [1.807, 2.05) is 30.3 Å². The largest absolute Gasteiger partial charge is 0.506 e. The molecule has 2 rings (SSSR count). The van der Waals surface area contributed by atoms with Gasteiger partial charge in [0.05, 0.1) is 11.1 Å². The molecule has 2 aromatic carbocycles. The van der Waals surface area contributed by atoms with Gasteiger partial charge in [-0.25, -0.2) is 9.18 Å². The first-order valence-corrected chi connectivity index (χ1v) is 8.25. The molecule has 0 radical (unpaired) electrons. The van der Waals surface area contributed by atoms with Crippen LogP contribution in [0.2, 0.25) is 5.02 Å². The summed E-state index contributed by atoms with van der Waals surface area (Å²) in [5.41, 5.74) is 0.603. The Morgan fingerprint density at radius 1 is 1.23 bits per heavy atom. The molecule has 0 heterocycles. The fraction of sp³-hybridized carbons (Fsp3) is 0.278. The lowest BCUT2D eigenvalue weighted by molar-refractivity contribution is 0.0122. The molecule has 8 heteroatoms. The highest BCUT2D eigenvalue weighted by atomic mass is 35.5. The molecular formula is C18H19ClFNO5. The summed E-state index contributed by atoms with van der Waals surface area (Å²) in [6.45, 7) is 0.114. The van der Waals surface area contributed by atoms with E-state index in [0.717, 1.165) is 17.7 Å². The summed E-state index contributed by atoms with van der Waals surface area (Å²) in [6, 6.07) is 10.9. The number of benzene rings is 2. The third-order valence-electron chi connectivity index (χ3n) is 3.66. The summed E-state index contributed by atoms with van der Waals surface area (Å²) in [5.74, 6) is -1.26. The van der Waals surface area contributed by atoms with E-state index in [1.165, 1.54) is 0 Å². The van der Waals surface area contributed by atoms with Crippen molar-refractivity contribution in [3.8, 4) is 5.75 Å². The minimum absolute atomic E-state index is 0.00958. The Hall–Kier alpha value is -2.35. The van der Waals surface area contributed by atoms with Crippen LogP contribution in [0.1, 0.15) is 23.7 Å². The van der Waals surface area contributed by atoms with Crippen molar-refractivity contribution in [1.82, 2.24) is 5.32 Å². The number of alkyl carbamates (subject to hydrolysis) is 1. The van der Waals surface area contributed by atoms with Crippen molar-refractivity contribution in [2.45, 2.75) is 25.2 Å². The summed E-state index contributed by atoms with van der Waals surface area (Å²) < 4.78 is 18.4. The summed E-state index contributed by atoms with van der Waals surface area (Å²) in [7, 11) is 0. The standard InChI is InChI=1S/C18H19ClFNO5/c19-14-9-12(20)8-13(16(14)23)17(24)15(22)6-7-21-18(25)26-10-11-4-2-1-3-5-11/h1-5,8-9,15,17,22-24H,6-7,10H2,(H,21,25). The molecule has 2 unspecified atom stereocenters. The molecule has 0 bridgehead atoms. The first-order valence-electron chi connectivity index (χ1n) is 7.87. The van der Waals surface area contributed by atoms with Gasteiger partial charge in [0, 0.05) is 12.1 Å². The molecule has 2 aromatic rings. The van der Waals surface area contributed by atoms with Crippen LogP contribution in [0.3, 0.4) is 0 Å². The average Bonchev–Trinajstić information content (AvgIpc) is 2.63. The Kier molecular flexibility index (Phi) is 7.20. The molecule has 4 N–H and O–H groups in total. The van der Waals surface area contributed by atoms with E-state index in [2.05, 4.69) is 5.32 Å². The summed E-state index contributed by atoms with van der Waals surface area (Å²) in [5, 5.41) is 32.0. The third kappa shape index (κ3) is 5.59. The van der Waals surface area contributed by atoms with Gasteiger partial charge in [-0.05, 0) is 24.1 Å². The minimum atomic E-state index is -1.56. The normalized spacial score (nSPS) is 13.1. The van der Waals surface area contributed by atoms with E-state index in [-0.39, 0.29) is 30.2 Å². The van der Waals surface area contributed by atoms with Crippen LogP contribution in [0.15, 0.2) is 42.5 Å². The van der Waals surface area contributed by atoms with Crippen LogP contribution in [-0.2, 0) is 11.3 Å². The Labute approximate surface area is 154 Å². The van der Waals surface area contributed by atoms with Crippen LogP contribution >= 0.6 is 11.6 Å². The van der Waals surface area contributed by atoms with Gasteiger partial charge < -0.3 is 25.4 Å². The second-order valence-corrected chi connectivity index (χ2v) is 6.02. The number of ether oxygens (including phenoxy) is 1. The van der Waals surface area contributed by atoms with Crippen LogP contribution < -0.4 is 5.32 Å². The quantitative estimate of drug-likeness (QED) is 0.589. The zero-order chi connectivity index (χ0) is 19.1. The van der Waals surface area contributed by atoms with E-state index in [9.17, 15) is 24.5 Å². The molecule has 0 aliphatic carbocycles. The first-order chi connectivity index (χ1) is 12.4. The van der Waals surface area contributed by atoms with Crippen LogP contribution in [-0.4, -0.2) is 34.1 Å². The van der Waals surface area contributed by atoms with Gasteiger partial charge in [-0.1, -0.05) is 41.9 Å². The van der Waals surface area contributed by atoms with E-state index in [0.29, 0.717) is 0 Å². The summed E-state index contributed by atoms with van der Waals surface area (Å²) in [6.07, 6.45) is -3.64. The van der Waals surface area contributed by atoms with E-state index >= 15 is 0 Å². The third-order valence-corrected chi connectivity index (χ3v) is 3.95. The zero-order valence-electron chi connectivity index (χ0n) is 13.7. The fourth-order valence-electron chi connectivity index (χ4n) is 2.27. The molecule has 0 spiro atoms. The molecule has 0 aromatic heterocycles. The number of hydrogen-bond donors (Lipinski definition) is 4. The second kappa shape index (κ2) is 9.38. The lowest BCUT2D eigenvalue weighted by atomic mass is 10.0. The topological polar surface area (TPSA) is 99.0 Å². The van der Waals surface area contributed by atoms with Crippen molar-refractivity contribution in [2.24, 2.45) is 0 Å². The molecule has 140 valence electrons. The van der Waals surface area contributed by atoms with Gasteiger partial charge in [0.2, 0.25) is 0 Å². The molecule has 1 amide bonds. The molecular weight excluding hydrogens is 365 g/mol. The molecule has 0 aliphatic rings. The van der Waals surface area contributed by atoms with Crippen molar-refractivity contribution in [2.75, 3.05) is 6.54 Å². The average molecular weight is 384 g/mol. The van der Waals surface area contributed by atoms with Crippen LogP contribution in [0.25, 0.3) is 0 Å². The molecule has 26 heavy (non-hydrogen) atoms. The SMILES string of the molecule is O=C(NCCC(O)C(O)c1cc(F)cc(Cl)c1O)OCc1ccccc1. The number of amides is 1. The number of carbonyl (C=O) groups is 1. The minimum Gasteiger partial charge on any atom is -0.506 e. The van der Waals surface area contributed by atoms with Gasteiger partial charge in [0.25, 0.3) is 0 Å². The molecule has 0 saturated carbocycles. The number of carbonyl (C=O) groups excluding carboxylic acids is 1. The van der Waals surface area contributed by atoms with Gasteiger partial charge in [-0.15, -0.1) is 0 Å². The van der Waals surface area contributed by atoms with Gasteiger partial charge in [-0.3, -0.25) is 0 Å². The van der Waals surface area contributed by atoms with E-state index in [1.54, 1.807) is 0 Å². The van der Waals surface area contributed by atoms with E-state index < -0.39 is 29.9 Å². The summed E-state index contributed by atoms with van der Waals surface area (Å²) >= 11 is 5.64. The second-order valence-electron chi connectivity index (χ2n) is 5.61. The molecule has 6 nitrogen and oxygen atoms in total. The number of rotatable bonds is 7. The maximum Gasteiger partial charge on any atom is 0.407 e. The summed E-state index contributed by atoms with van der Waals surface area (Å²) in [4.78, 5) is 11.6. The van der Waals surface area contributed by atoms with Crippen molar-refractivity contribution >= 4 is 17.7 Å². The Morgan fingerprint density at radius 2 is 1.92 bits per heavy atom. The van der Waals surface area contributed by atoms with Gasteiger partial charge in [-0.2, -0.15) is 0 Å². The van der Waals surface area contributed by atoms with Crippen LogP contribution in [0.4, 0.5) is 9.18 Å². The van der Waals surface area contributed by atoms with Crippen molar-refractivity contribution in [3.63, 3.8) is 0 Å². The maximum absolute atomic E-state index is 13.4. The molecule has 0 saturated heterocycles. The van der Waals surface area contributed by atoms with Crippen molar-refractivity contribution in [3.05, 3.63) is 64.4 Å². The number of aliphatic hydroxyl groups excluding tert-OH is 2. The fourth-order valence-corrected chi connectivity index (χ4v) is 2.49. The van der Waals surface area contributed by atoms with Crippen molar-refractivity contribution in [1.29, 1.82) is 0 Å². The number of aromatic hydroxyl groups is 1. The maximum atomic E-state index is 13.4. The zero-order valence-corrected chi connectivity index (χ0v) is 14.5. The highest BCUT2D eigenvalue weighted by Gasteiger charge is 2.23. The number of phenols is 1. The van der Waals surface area contributed by atoms with Crippen LogP contribution in [0.5, 0.6) is 5.75 Å². The Bertz CT molecular complexity index is 744. The number of aliphatic hydroxyl groups is 2. The predicted molar refractivity (Wildman–Crippen MR) is 93.3 cm³/mol. The Morgan fingerprint density at radius 3 is 2.62 bits per heavy atom. The molecule has 0 fully saturated rings. The van der Waals surface area contributed by atoms with Gasteiger partial charge >= 0.3 is 6.09 Å². The van der Waals surface area contributed by atoms with Crippen molar-refractivity contribution < 1.29 is 29.2 Å². The van der Waals surface area contributed by atoms with Crippen LogP contribution in [0, 0.1) is 5.82 Å². The number of hydrogen-bond acceptors (Lipinski definition) is 5. The molecule has 0 aliphatic heterocycles. The van der Waals surface area contributed by atoms with E-state index in [4.69, 9.17) is 16.3 Å². The Balaban J connectivity index is 1.79. The number of phenolic OH excluding ortho intramolecular Hbond substituents is 1. The smallest absolute Gasteiger partial charge is 0.407 e. The number of nitrogens with one attached hydrogen (secondary N) is 1. The predicted octanol–water partition coefficient (Wildman–Crippen LogP) is 2.90. The first kappa shape index (κ1) is 20.0. The lowest BCUT2D eigenvalue weighted by Gasteiger charge is -2.19. The highest BCUT2D eigenvalue weighted by molar-refractivity contribution is 6.32. The number of halogens is 2. The van der Waals surface area contributed by atoms with Gasteiger partial charge in [0.1, 0.15) is 24.3 Å². The monoisotopic (exact) mass is 383 g/mol.